The number of anilines is 1. The molecule has 0 radical (unpaired) electrons. The summed E-state index contributed by atoms with van der Waals surface area (Å²) >= 11 is 1.41. The Labute approximate surface area is 286 Å². The maximum Gasteiger partial charge on any atom is 1.00 e. The minimum absolute atomic E-state index is 0. The topological polar surface area (TPSA) is 130 Å². The van der Waals surface area contributed by atoms with Crippen LogP contribution in [0.25, 0.3) is 0 Å². The molecular weight excluding hydrogens is 548 g/mol. The Morgan fingerprint density at radius 2 is 1.45 bits per heavy atom. The average molecular weight is 588 g/mol. The van der Waals surface area contributed by atoms with E-state index in [9.17, 15) is 29.7 Å². The van der Waals surface area contributed by atoms with Gasteiger partial charge in [-0.3, -0.25) is 4.79 Å². The number of amides is 1. The molecule has 2 atom stereocenters. The van der Waals surface area contributed by atoms with Crippen LogP contribution in [-0.4, -0.2) is 34.8 Å². The first-order valence-electron chi connectivity index (χ1n) is 13.5. The van der Waals surface area contributed by atoms with Crippen LogP contribution in [0.4, 0.5) is 5.69 Å². The number of thioether (sulfide) groups is 1. The predicted molar refractivity (Wildman–Crippen MR) is 147 cm³/mol. The number of aliphatic carboxylic acids is 2. The van der Waals surface area contributed by atoms with Crippen molar-refractivity contribution in [2.24, 2.45) is 0 Å². The summed E-state index contributed by atoms with van der Waals surface area (Å²) in [7, 11) is 0. The average Bonchev–Trinajstić information content (AvgIpc) is 2.88. The molecule has 0 aliphatic heterocycles. The number of benzene rings is 2. The van der Waals surface area contributed by atoms with Crippen LogP contribution in [0.3, 0.4) is 0 Å². The number of nitrogens with one attached hydrogen (secondary N) is 1. The first-order valence-corrected chi connectivity index (χ1v) is 14.5. The molecule has 0 saturated heterocycles. The summed E-state index contributed by atoms with van der Waals surface area (Å²) < 4.78 is 0. The molecule has 0 saturated carbocycles. The number of hydrogen-bond donors (Lipinski definition) is 2. The molecule has 7 nitrogen and oxygen atoms in total. The third kappa shape index (κ3) is 16.6. The smallest absolute Gasteiger partial charge is 0.550 e. The summed E-state index contributed by atoms with van der Waals surface area (Å²) in [6.45, 7) is 2.22. The Morgan fingerprint density at radius 3 is 2.02 bits per heavy atom. The van der Waals surface area contributed by atoms with E-state index in [-0.39, 0.29) is 65.5 Å². The van der Waals surface area contributed by atoms with Crippen LogP contribution in [0.5, 0.6) is 0 Å². The van der Waals surface area contributed by atoms with Crippen LogP contribution in [-0.2, 0) is 20.8 Å². The van der Waals surface area contributed by atoms with Gasteiger partial charge >= 0.3 is 59.1 Å². The van der Waals surface area contributed by atoms with Gasteiger partial charge in [0, 0.05) is 28.2 Å². The zero-order valence-electron chi connectivity index (χ0n) is 24.2. The number of carboxylic acids is 2. The third-order valence-corrected chi connectivity index (χ3v) is 7.57. The van der Waals surface area contributed by atoms with Crippen LogP contribution in [0.2, 0.25) is 0 Å². The normalized spacial score (nSPS) is 11.9. The maximum atomic E-state index is 11.8. The Kier molecular flexibility index (Phi) is 22.2. The molecule has 2 N–H and O–H groups in total. The fourth-order valence-corrected chi connectivity index (χ4v) is 5.11. The molecule has 0 aromatic heterocycles. The van der Waals surface area contributed by atoms with Crippen LogP contribution >= 0.6 is 11.8 Å². The van der Waals surface area contributed by atoms with Crippen LogP contribution < -0.4 is 74.6 Å². The third-order valence-electron chi connectivity index (χ3n) is 6.41. The molecule has 0 bridgehead atoms. The van der Waals surface area contributed by atoms with Gasteiger partial charge in [-0.1, -0.05) is 69.7 Å². The van der Waals surface area contributed by atoms with E-state index in [1.165, 1.54) is 55.9 Å². The Balaban J connectivity index is 0.00000760. The summed E-state index contributed by atoms with van der Waals surface area (Å²) in [5.41, 5.74) is 2.37. The number of aryl methyl sites for hydroxylation is 1. The van der Waals surface area contributed by atoms with E-state index in [1.807, 2.05) is 24.3 Å². The van der Waals surface area contributed by atoms with Crippen molar-refractivity contribution in [3.05, 3.63) is 59.7 Å². The van der Waals surface area contributed by atoms with E-state index in [1.54, 1.807) is 24.3 Å². The largest absolute Gasteiger partial charge is 1.00 e. The molecule has 2 rings (SSSR count). The Bertz CT molecular complexity index is 1000. The number of aliphatic hydroxyl groups excluding tert-OH is 1. The summed E-state index contributed by atoms with van der Waals surface area (Å²) in [4.78, 5) is 34.6. The molecule has 2 aromatic carbocycles. The summed E-state index contributed by atoms with van der Waals surface area (Å²) in [5.74, 6) is -3.63. The van der Waals surface area contributed by atoms with E-state index < -0.39 is 36.3 Å². The van der Waals surface area contributed by atoms with Gasteiger partial charge < -0.3 is 30.2 Å². The Morgan fingerprint density at radius 1 is 0.850 bits per heavy atom. The van der Waals surface area contributed by atoms with Crippen molar-refractivity contribution in [2.75, 3.05) is 11.1 Å². The molecule has 0 spiro atoms. The molecule has 2 unspecified atom stereocenters. The van der Waals surface area contributed by atoms with Crippen molar-refractivity contribution in [2.45, 2.75) is 94.5 Å². The number of unbranched alkanes of at least 4 members (excludes halogenated alkanes) is 6. The summed E-state index contributed by atoms with van der Waals surface area (Å²) in [6, 6.07) is 14.5. The molecule has 0 aliphatic rings. The van der Waals surface area contributed by atoms with E-state index in [4.69, 9.17) is 0 Å². The van der Waals surface area contributed by atoms with Gasteiger partial charge in [0.1, 0.15) is 0 Å². The standard InChI is InChI=1S/C30H41NO6S.2Na/c1-2-3-4-5-6-7-8-9-22-10-12-23(13-11-22)27(30(36)37)19-16-25(32)21-38-26-17-14-24(15-18-26)31-28(33)20-29(34)35;;/h10-15,17-18,25,27,32H,2-9,16,19-21H2,1H3,(H,31,33)(H,34,35)(H,36,37);;/q;2*+1/p-2. The van der Waals surface area contributed by atoms with Crippen molar-refractivity contribution >= 4 is 35.3 Å². The van der Waals surface area contributed by atoms with Crippen molar-refractivity contribution in [3.8, 4) is 0 Å². The fraction of sp³-hybridized carbons (Fsp3) is 0.500. The number of carbonyl (C=O) groups is 3. The van der Waals surface area contributed by atoms with Crippen LogP contribution in [0.15, 0.2) is 53.4 Å². The van der Waals surface area contributed by atoms with E-state index in [0.717, 1.165) is 17.7 Å². The van der Waals surface area contributed by atoms with Gasteiger partial charge in [-0.15, -0.1) is 11.8 Å². The summed E-state index contributed by atoms with van der Waals surface area (Å²) in [5, 5.41) is 35.2. The van der Waals surface area contributed by atoms with Gasteiger partial charge in [0.25, 0.3) is 0 Å². The maximum absolute atomic E-state index is 11.8. The number of rotatable bonds is 19. The van der Waals surface area contributed by atoms with Gasteiger partial charge in [0.2, 0.25) is 5.91 Å². The van der Waals surface area contributed by atoms with Crippen molar-refractivity contribution < 1.29 is 88.8 Å². The van der Waals surface area contributed by atoms with Gasteiger partial charge in [0.15, 0.2) is 0 Å². The first kappa shape index (κ1) is 39.2. The number of carboxylic acid groups (broad SMARTS) is 2. The van der Waals surface area contributed by atoms with Crippen LogP contribution in [0.1, 0.15) is 88.2 Å². The first-order chi connectivity index (χ1) is 18.3. The number of carbonyl (C=O) groups excluding carboxylic acids is 3. The quantitative estimate of drug-likeness (QED) is 0.0829. The fourth-order valence-electron chi connectivity index (χ4n) is 4.23. The van der Waals surface area contributed by atoms with Gasteiger partial charge in [0.05, 0.1) is 18.5 Å². The van der Waals surface area contributed by atoms with Gasteiger partial charge in [-0.2, -0.15) is 0 Å². The van der Waals surface area contributed by atoms with E-state index in [2.05, 4.69) is 12.2 Å². The molecule has 0 fully saturated rings. The molecule has 10 heteroatoms. The molecule has 40 heavy (non-hydrogen) atoms. The minimum Gasteiger partial charge on any atom is -0.550 e. The number of hydrogen-bond acceptors (Lipinski definition) is 7. The second-order valence-corrected chi connectivity index (χ2v) is 10.7. The summed E-state index contributed by atoms with van der Waals surface area (Å²) in [6.07, 6.45) is 8.99. The zero-order valence-corrected chi connectivity index (χ0v) is 29.0. The van der Waals surface area contributed by atoms with E-state index in [0.29, 0.717) is 23.4 Å². The molecule has 1 amide bonds. The predicted octanol–water partition coefficient (Wildman–Crippen LogP) is -2.17. The molecule has 2 aromatic rings. The second kappa shape index (κ2) is 22.7. The minimum atomic E-state index is -1.44. The molecule has 0 aliphatic carbocycles. The van der Waals surface area contributed by atoms with E-state index >= 15 is 0 Å². The molecule has 208 valence electrons. The van der Waals surface area contributed by atoms with Crippen molar-refractivity contribution in [3.63, 3.8) is 0 Å². The van der Waals surface area contributed by atoms with Gasteiger partial charge in [-0.05, 0) is 61.1 Å². The Hall–Kier alpha value is -0.840. The van der Waals surface area contributed by atoms with Gasteiger partial charge in [-0.25, -0.2) is 0 Å². The van der Waals surface area contributed by atoms with Crippen LogP contribution in [0, 0.1) is 0 Å². The second-order valence-electron chi connectivity index (χ2n) is 9.65. The zero-order chi connectivity index (χ0) is 27.8. The molecular formula is C30H39NNa2O6S. The molecule has 0 heterocycles. The number of aliphatic hydroxyl groups is 1. The van der Waals surface area contributed by atoms with Crippen molar-refractivity contribution in [1.82, 2.24) is 0 Å². The monoisotopic (exact) mass is 587 g/mol. The SMILES string of the molecule is CCCCCCCCCc1ccc(C(CCC(O)CSc2ccc(NC(=O)CC(=O)[O-])cc2)C(=O)[O-])cc1.[Na+].[Na+]. The van der Waals surface area contributed by atoms with Crippen molar-refractivity contribution in [1.29, 1.82) is 0 Å².